The molecular formula is C98H103Cl3FN15O12S12. The Morgan fingerprint density at radius 3 is 1.79 bits per heavy atom. The summed E-state index contributed by atoms with van der Waals surface area (Å²) in [6, 6.07) is 31.5. The zero-order valence-corrected chi connectivity index (χ0v) is 90.3. The number of furan rings is 1. The van der Waals surface area contributed by atoms with Crippen LogP contribution < -0.4 is 40.5 Å². The number of urea groups is 1. The normalized spacial score (nSPS) is 14.0. The molecule has 2 saturated heterocycles. The number of carbonyl (C=O) groups is 6. The van der Waals surface area contributed by atoms with Crippen LogP contribution in [0.2, 0.25) is 14.4 Å². The number of nitrogens with one attached hydrogen (secondary N) is 4. The van der Waals surface area contributed by atoms with E-state index in [9.17, 15) is 43.4 Å². The molecule has 3 aliphatic heterocycles. The molecule has 0 bridgehead atoms. The number of piperazine rings is 1. The molecule has 15 aromatic rings. The monoisotopic (exact) mass is 2190 g/mol. The van der Waals surface area contributed by atoms with Crippen LogP contribution in [0.25, 0.3) is 81.4 Å². The Bertz CT molecular complexity index is 6590. The molecular weight excluding hydrogens is 2090 g/mol. The van der Waals surface area contributed by atoms with Crippen molar-refractivity contribution >= 4 is 238 Å². The number of rotatable bonds is 28. The van der Waals surface area contributed by atoms with Crippen LogP contribution in [0.1, 0.15) is 143 Å². The Morgan fingerprint density at radius 2 is 1.19 bits per heavy atom. The highest BCUT2D eigenvalue weighted by atomic mass is 35.5. The largest absolute Gasteiger partial charge is 0.504 e. The fourth-order valence-electron chi connectivity index (χ4n) is 15.1. The second-order valence-electron chi connectivity index (χ2n) is 34.2. The third-order valence-electron chi connectivity index (χ3n) is 22.9. The second-order valence-corrected chi connectivity index (χ2v) is 47.0. The Balaban J connectivity index is 0.000000142. The van der Waals surface area contributed by atoms with E-state index in [0.29, 0.717) is 127 Å². The number of piperidine rings is 1. The molecule has 1 saturated carbocycles. The Hall–Kier alpha value is -10.3. The number of pyridine rings is 1. The number of aliphatic carboxylic acids is 2. The minimum absolute atomic E-state index is 0.0175. The molecule has 14 aromatic heterocycles. The van der Waals surface area contributed by atoms with Gasteiger partial charge in [0.2, 0.25) is 0 Å². The van der Waals surface area contributed by atoms with Crippen LogP contribution in [0, 0.1) is 24.1 Å². The smallest absolute Gasteiger partial charge is 0.341 e. The molecule has 4 amide bonds. The van der Waals surface area contributed by atoms with Crippen LogP contribution >= 0.6 is 171 Å². The number of aliphatic hydroxyl groups is 1. The molecule has 19 rings (SSSR count). The van der Waals surface area contributed by atoms with Crippen LogP contribution in [0.15, 0.2) is 168 Å². The van der Waals surface area contributed by atoms with Gasteiger partial charge in [-0.1, -0.05) is 140 Å². The Labute approximate surface area is 878 Å². The number of thiazole rings is 6. The molecule has 43 heteroatoms. The first-order valence-electron chi connectivity index (χ1n) is 45.1. The minimum Gasteiger partial charge on any atom is -0.504 e. The van der Waals surface area contributed by atoms with E-state index in [0.717, 1.165) is 118 Å². The number of halogens is 4. The third-order valence-corrected chi connectivity index (χ3v) is 34.4. The molecule has 742 valence electrons. The number of thiophene rings is 6. The Kier molecular flexibility index (Phi) is 38.0. The highest BCUT2D eigenvalue weighted by Gasteiger charge is 2.34. The average molecular weight is 2190 g/mol. The predicted octanol–water partition coefficient (Wildman–Crippen LogP) is 27.7. The van der Waals surface area contributed by atoms with Crippen LogP contribution in [-0.4, -0.2) is 167 Å². The molecule has 4 aliphatic rings. The molecule has 0 spiro atoms. The highest BCUT2D eigenvalue weighted by Crippen LogP contribution is 2.45. The van der Waals surface area contributed by atoms with E-state index in [1.54, 1.807) is 127 Å². The van der Waals surface area contributed by atoms with Crippen molar-refractivity contribution in [1.29, 1.82) is 0 Å². The van der Waals surface area contributed by atoms with Crippen molar-refractivity contribution < 1.29 is 62.4 Å². The molecule has 1 aliphatic carbocycles. The van der Waals surface area contributed by atoms with Gasteiger partial charge in [0.1, 0.15) is 50.3 Å². The van der Waals surface area contributed by atoms with Crippen molar-refractivity contribution in [2.45, 2.75) is 144 Å². The zero-order valence-electron chi connectivity index (χ0n) is 78.2. The van der Waals surface area contributed by atoms with Crippen molar-refractivity contribution in [1.82, 2.24) is 50.0 Å². The first kappa shape index (κ1) is 107. The molecule has 27 nitrogen and oxygen atoms in total. The minimum atomic E-state index is -1.02. The zero-order chi connectivity index (χ0) is 100. The molecule has 1 aromatic carbocycles. The van der Waals surface area contributed by atoms with Crippen LogP contribution in [0.4, 0.5) is 35.4 Å². The van der Waals surface area contributed by atoms with E-state index in [2.05, 4.69) is 99.3 Å². The average Bonchev–Trinajstić information content (AvgIpc) is 1.64. The van der Waals surface area contributed by atoms with E-state index in [1.165, 1.54) is 128 Å². The maximum atomic E-state index is 13.3. The van der Waals surface area contributed by atoms with Gasteiger partial charge in [0, 0.05) is 120 Å². The maximum absolute atomic E-state index is 13.3. The number of hydrogen-bond acceptors (Lipinski definition) is 33. The topological polar surface area (TPSA) is 346 Å². The number of hydrogen-bond donors (Lipinski definition) is 7. The first-order valence-corrected chi connectivity index (χ1v) is 56.6. The number of likely N-dealkylation sites (N-methyl/N-ethyl adjacent to an activating group) is 1. The first-order chi connectivity index (χ1) is 67.8. The summed E-state index contributed by atoms with van der Waals surface area (Å²) in [5.41, 5.74) is 7.30. The lowest BCUT2D eigenvalue weighted by Crippen LogP contribution is -2.50. The standard InChI is InChI=1S/C29H34Cl2N6O3S2.C23H18FN3O3S2.C15H19NOS2.C13H17N3OS2.C9H6ClNO3S2.C9H9NOS2/c30-20-15-23(41-17-20)24-27(37-12-10-35(11-13-37)21-4-2-1-3-5-21)42-29(33-24)34-26(38)19-14-22(31)25(32-16-19)36-8-6-18(7-9-36)28(39)40;1-12-9-14-10-27(2)19(20(28)21(14)32-12)22(29)26-23-25-16(11-31-23)18-8-7-17(30-18)13-3-5-15(24)6-4-13;1-4-15(2,3)9-11(17)8-14-16-12(10-19-14)13-6-5-7-18-13;1-4-13(2,3)16-11(17)15-12-14-9(8-19-12)10-6-5-7-18-10;10-7-2-1-6(16-7)5-4-15-9(11-5)14-3-8(12)13;1-2-11-9-10-7(6-13-9)8-4-3-5-12-8/h14-18,21H,1-13H2,(H,39,40)(H,33,34,38);3-9,11,28H,10H2,1-2H3,(H,25,26,29);5-7,10H,4,8-9H2,1-3H3;5-8H,4H2,1-3H3,(H2,14,15,16,17);1-2,4H,3H2,(H,12,13);3-6H,2H2,1H3. The van der Waals surface area contributed by atoms with Crippen LogP contribution in [0.3, 0.4) is 0 Å². The van der Waals surface area contributed by atoms with E-state index >= 15 is 0 Å². The molecule has 0 unspecified atom stereocenters. The highest BCUT2D eigenvalue weighted by molar-refractivity contribution is 7.21. The molecule has 3 fully saturated rings. The number of ketones is 1. The van der Waals surface area contributed by atoms with Crippen molar-refractivity contribution in [3.63, 3.8) is 0 Å². The summed E-state index contributed by atoms with van der Waals surface area (Å²) in [4.78, 5) is 119. The van der Waals surface area contributed by atoms with E-state index in [1.807, 2.05) is 114 Å². The fraction of sp³-hybridized carbons (Fsp3) is 0.337. The van der Waals surface area contributed by atoms with E-state index in [4.69, 9.17) is 58.8 Å². The summed E-state index contributed by atoms with van der Waals surface area (Å²) >= 11 is 36.7. The number of Topliss-reactive ketones (excluding diaryl/α,β-unsaturated/α-hetero) is 1. The van der Waals surface area contributed by atoms with Gasteiger partial charge in [-0.3, -0.25) is 40.0 Å². The van der Waals surface area contributed by atoms with E-state index < -0.39 is 17.8 Å². The van der Waals surface area contributed by atoms with Crippen molar-refractivity contribution in [2.75, 3.05) is 85.3 Å². The van der Waals surface area contributed by atoms with Gasteiger partial charge in [0.25, 0.3) is 22.2 Å². The number of aryl methyl sites for hydroxylation is 1. The lowest BCUT2D eigenvalue weighted by molar-refractivity contribution is -0.142. The number of ether oxygens (including phenoxy) is 2. The summed E-state index contributed by atoms with van der Waals surface area (Å²) in [6.07, 6.45) is 12.2. The third kappa shape index (κ3) is 30.0. The fourth-order valence-corrected chi connectivity index (χ4v) is 25.4. The number of aliphatic hydroxyl groups excluding tert-OH is 1. The van der Waals surface area contributed by atoms with Gasteiger partial charge in [-0.2, -0.15) is 0 Å². The predicted molar refractivity (Wildman–Crippen MR) is 580 cm³/mol. The van der Waals surface area contributed by atoms with Crippen LogP contribution in [-0.2, 0) is 32.1 Å². The molecule has 0 atom stereocenters. The number of carbonyl (C=O) groups excluding carboxylic acids is 4. The van der Waals surface area contributed by atoms with Crippen molar-refractivity contribution in [3.8, 4) is 86.0 Å². The van der Waals surface area contributed by atoms with Crippen LogP contribution in [0.5, 0.6) is 10.4 Å². The van der Waals surface area contributed by atoms with Gasteiger partial charge < -0.3 is 49.2 Å². The number of carboxylic acid groups (broad SMARTS) is 2. The van der Waals surface area contributed by atoms with Gasteiger partial charge in [0.05, 0.1) is 90.9 Å². The number of benzene rings is 1. The molecule has 141 heavy (non-hydrogen) atoms. The SMILES string of the molecule is CCC(C)(C)CC(=O)Cc1nc(-c2cccs2)cs1.CCC(C)(C)NC(=O)Nc1nc(-c2cccs2)cs1.CCOc1nc(-c2cccs2)cs1.Cc1cc2c(s1)C(O)=C(C(=O)Nc1nc(-c3ccc(-c4ccc(F)cc4)o3)cs1)N(C)C2.O=C(Nc1nc(-c2cc(Cl)cs2)c(N2CCN(C3CCCCC3)CC2)s1)c1cnc(N2CCC(C(=O)O)CC2)c(Cl)c1.O=C(O)COc1nc(-c2ccc(Cl)s2)cs1. The van der Waals surface area contributed by atoms with Gasteiger partial charge in [-0.25, -0.2) is 48.9 Å². The number of fused-ring (bicyclic) bond motifs is 1. The molecule has 17 heterocycles. The number of nitrogens with zero attached hydrogens (tertiary/aromatic N) is 11. The van der Waals surface area contributed by atoms with Gasteiger partial charge in [-0.15, -0.1) is 102 Å². The second kappa shape index (κ2) is 50.3. The van der Waals surface area contributed by atoms with Gasteiger partial charge in [0.15, 0.2) is 33.5 Å². The number of anilines is 5. The number of carboxylic acids is 2. The summed E-state index contributed by atoms with van der Waals surface area (Å²) in [5, 5.41) is 63.1. The lowest BCUT2D eigenvalue weighted by atomic mass is 9.84. The van der Waals surface area contributed by atoms with Crippen molar-refractivity contribution in [3.05, 3.63) is 210 Å². The lowest BCUT2D eigenvalue weighted by Gasteiger charge is -2.41. The van der Waals surface area contributed by atoms with E-state index in [-0.39, 0.29) is 52.7 Å². The van der Waals surface area contributed by atoms with Gasteiger partial charge >= 0.3 is 18.0 Å². The molecule has 7 N–H and O–H groups in total. The molecule has 0 radical (unpaired) electrons. The summed E-state index contributed by atoms with van der Waals surface area (Å²) in [6.45, 7) is 22.2. The van der Waals surface area contributed by atoms with Crippen molar-refractivity contribution in [2.24, 2.45) is 11.3 Å². The maximum Gasteiger partial charge on any atom is 0.341 e. The summed E-state index contributed by atoms with van der Waals surface area (Å²) in [5.74, 6) is -1.22. The number of aromatic nitrogens is 7. The summed E-state index contributed by atoms with van der Waals surface area (Å²) < 4.78 is 29.9. The Morgan fingerprint density at radius 1 is 0.582 bits per heavy atom. The quantitative estimate of drug-likeness (QED) is 0.0239. The summed E-state index contributed by atoms with van der Waals surface area (Å²) in [7, 11) is 1.77. The van der Waals surface area contributed by atoms with Gasteiger partial charge in [-0.05, 0) is 172 Å². The number of amides is 4.